The van der Waals surface area contributed by atoms with Gasteiger partial charge >= 0.3 is 5.97 Å². The molecule has 30 heavy (non-hydrogen) atoms. The number of rotatable bonds is 6. The summed E-state index contributed by atoms with van der Waals surface area (Å²) < 4.78 is 21.4. The summed E-state index contributed by atoms with van der Waals surface area (Å²) >= 11 is 0. The molecule has 4 rings (SSSR count). The molecule has 1 amide bonds. The summed E-state index contributed by atoms with van der Waals surface area (Å²) in [5, 5.41) is 4.50. The molecule has 152 valence electrons. The third-order valence-electron chi connectivity index (χ3n) is 4.49. The number of carbonyl (C=O) groups is 2. The Balaban J connectivity index is 1.51. The summed E-state index contributed by atoms with van der Waals surface area (Å²) in [6.07, 6.45) is 1.49. The number of ether oxygens (including phenoxy) is 3. The molecule has 4 aromatic rings. The second kappa shape index (κ2) is 8.12. The van der Waals surface area contributed by atoms with Crippen LogP contribution in [-0.4, -0.2) is 37.7 Å². The quantitative estimate of drug-likeness (QED) is 0.486. The van der Waals surface area contributed by atoms with Crippen LogP contribution < -0.4 is 14.8 Å². The number of benzene rings is 2. The molecule has 0 aliphatic heterocycles. The van der Waals surface area contributed by atoms with Gasteiger partial charge in [0.1, 0.15) is 22.5 Å². The lowest BCUT2D eigenvalue weighted by molar-refractivity contribution is -0.119. The van der Waals surface area contributed by atoms with Crippen LogP contribution >= 0.6 is 0 Å². The molecule has 0 atom stereocenters. The molecule has 2 aromatic heterocycles. The van der Waals surface area contributed by atoms with E-state index in [1.165, 1.54) is 26.5 Å². The van der Waals surface area contributed by atoms with Crippen LogP contribution in [0.25, 0.3) is 21.9 Å². The average molecular weight is 406 g/mol. The average Bonchev–Trinajstić information content (AvgIpc) is 3.14. The zero-order chi connectivity index (χ0) is 21.1. The highest BCUT2D eigenvalue weighted by atomic mass is 16.5. The number of nitrogens with zero attached hydrogens (tertiary/aromatic N) is 1. The van der Waals surface area contributed by atoms with Crippen LogP contribution in [0.15, 0.2) is 59.1 Å². The Hall–Kier alpha value is -4.07. The normalized spacial score (nSPS) is 10.7. The topological polar surface area (TPSA) is 99.9 Å². The second-order valence-corrected chi connectivity index (χ2v) is 6.33. The van der Waals surface area contributed by atoms with Crippen molar-refractivity contribution >= 4 is 39.5 Å². The Morgan fingerprint density at radius 2 is 1.83 bits per heavy atom. The van der Waals surface area contributed by atoms with Crippen LogP contribution in [0.1, 0.15) is 10.4 Å². The van der Waals surface area contributed by atoms with Crippen molar-refractivity contribution in [3.63, 3.8) is 0 Å². The van der Waals surface area contributed by atoms with Gasteiger partial charge in [0.05, 0.1) is 19.9 Å². The predicted molar refractivity (Wildman–Crippen MR) is 110 cm³/mol. The van der Waals surface area contributed by atoms with Crippen molar-refractivity contribution in [1.82, 2.24) is 4.98 Å². The third-order valence-corrected chi connectivity index (χ3v) is 4.49. The van der Waals surface area contributed by atoms with Crippen LogP contribution in [0.4, 0.5) is 5.69 Å². The number of esters is 1. The Bertz CT molecular complexity index is 1250. The van der Waals surface area contributed by atoms with Gasteiger partial charge in [-0.2, -0.15) is 0 Å². The summed E-state index contributed by atoms with van der Waals surface area (Å²) in [6.45, 7) is -0.488. The molecule has 0 unspecified atom stereocenters. The van der Waals surface area contributed by atoms with E-state index in [-0.39, 0.29) is 11.4 Å². The van der Waals surface area contributed by atoms with Crippen LogP contribution in [0, 0.1) is 0 Å². The lowest BCUT2D eigenvalue weighted by atomic mass is 10.1. The monoisotopic (exact) mass is 406 g/mol. The molecule has 0 bridgehead atoms. The van der Waals surface area contributed by atoms with Crippen molar-refractivity contribution in [3.05, 3.63) is 60.3 Å². The van der Waals surface area contributed by atoms with Gasteiger partial charge in [0.15, 0.2) is 6.61 Å². The Morgan fingerprint density at radius 1 is 1.00 bits per heavy atom. The molecule has 0 radical (unpaired) electrons. The number of amides is 1. The van der Waals surface area contributed by atoms with E-state index < -0.39 is 18.5 Å². The summed E-state index contributed by atoms with van der Waals surface area (Å²) in [4.78, 5) is 28.5. The van der Waals surface area contributed by atoms with E-state index in [0.717, 1.165) is 16.4 Å². The number of methoxy groups -OCH3 is 2. The highest BCUT2D eigenvalue weighted by Gasteiger charge is 2.18. The van der Waals surface area contributed by atoms with E-state index in [2.05, 4.69) is 10.3 Å². The molecule has 8 heteroatoms. The molecule has 0 saturated carbocycles. The van der Waals surface area contributed by atoms with E-state index in [9.17, 15) is 9.59 Å². The summed E-state index contributed by atoms with van der Waals surface area (Å²) in [5.74, 6) is -0.655. The van der Waals surface area contributed by atoms with Gasteiger partial charge in [0.2, 0.25) is 5.88 Å². The largest absolute Gasteiger partial charge is 0.495 e. The van der Waals surface area contributed by atoms with Crippen molar-refractivity contribution < 1.29 is 28.2 Å². The first-order valence-electron chi connectivity index (χ1n) is 9.06. The van der Waals surface area contributed by atoms with Gasteiger partial charge in [-0.05, 0) is 24.3 Å². The smallest absolute Gasteiger partial charge is 0.344 e. The fraction of sp³-hybridized carbons (Fsp3) is 0.136. The maximum atomic E-state index is 12.4. The molecule has 0 aliphatic carbocycles. The minimum atomic E-state index is -0.713. The van der Waals surface area contributed by atoms with Gasteiger partial charge in [-0.15, -0.1) is 0 Å². The first-order valence-corrected chi connectivity index (χ1v) is 9.06. The van der Waals surface area contributed by atoms with Gasteiger partial charge < -0.3 is 23.9 Å². The standard InChI is InChI=1S/C22H18N2O6/c1-27-19-10-15-13-6-3-4-8-17(13)30-18(15)11-16(19)24-20(25)12-29-22(26)14-7-5-9-23-21(14)28-2/h3-11H,12H2,1-2H3,(H,24,25). The van der Waals surface area contributed by atoms with Crippen molar-refractivity contribution in [2.45, 2.75) is 0 Å². The number of fused-ring (bicyclic) bond motifs is 3. The molecule has 0 saturated heterocycles. The molecular weight excluding hydrogens is 388 g/mol. The van der Waals surface area contributed by atoms with Crippen LogP contribution in [0.2, 0.25) is 0 Å². The fourth-order valence-corrected chi connectivity index (χ4v) is 3.12. The Labute approximate surface area is 171 Å². The summed E-state index contributed by atoms with van der Waals surface area (Å²) in [5.41, 5.74) is 1.87. The molecule has 0 aliphatic rings. The minimum absolute atomic E-state index is 0.125. The number of carbonyl (C=O) groups excluding carboxylic acids is 2. The maximum Gasteiger partial charge on any atom is 0.344 e. The third kappa shape index (κ3) is 3.62. The van der Waals surface area contributed by atoms with E-state index in [1.807, 2.05) is 24.3 Å². The van der Waals surface area contributed by atoms with Crippen molar-refractivity contribution in [2.75, 3.05) is 26.1 Å². The lowest BCUT2D eigenvalue weighted by Crippen LogP contribution is -2.21. The predicted octanol–water partition coefficient (Wildman–Crippen LogP) is 3.79. The highest BCUT2D eigenvalue weighted by molar-refractivity contribution is 6.08. The van der Waals surface area contributed by atoms with E-state index in [0.29, 0.717) is 17.0 Å². The molecule has 8 nitrogen and oxygen atoms in total. The van der Waals surface area contributed by atoms with E-state index in [4.69, 9.17) is 18.6 Å². The van der Waals surface area contributed by atoms with Gasteiger partial charge in [-0.3, -0.25) is 4.79 Å². The SMILES string of the molecule is COc1cc2c(cc1NC(=O)COC(=O)c1cccnc1OC)oc1ccccc12. The Kier molecular flexibility index (Phi) is 5.21. The Morgan fingerprint density at radius 3 is 2.63 bits per heavy atom. The zero-order valence-corrected chi connectivity index (χ0v) is 16.3. The maximum absolute atomic E-state index is 12.4. The molecule has 2 heterocycles. The van der Waals surface area contributed by atoms with Gasteiger partial charge in [-0.1, -0.05) is 18.2 Å². The molecular formula is C22H18N2O6. The minimum Gasteiger partial charge on any atom is -0.495 e. The number of furan rings is 1. The van der Waals surface area contributed by atoms with Crippen LogP contribution in [0.5, 0.6) is 11.6 Å². The number of anilines is 1. The van der Waals surface area contributed by atoms with Gasteiger partial charge in [0, 0.05) is 23.0 Å². The van der Waals surface area contributed by atoms with Crippen LogP contribution in [-0.2, 0) is 9.53 Å². The molecule has 2 aromatic carbocycles. The number of pyridine rings is 1. The van der Waals surface area contributed by atoms with Crippen molar-refractivity contribution in [2.24, 2.45) is 0 Å². The fourth-order valence-electron chi connectivity index (χ4n) is 3.12. The number of nitrogens with one attached hydrogen (secondary N) is 1. The molecule has 0 fully saturated rings. The number of para-hydroxylation sites is 1. The number of hydrogen-bond acceptors (Lipinski definition) is 7. The first kappa shape index (κ1) is 19.3. The lowest BCUT2D eigenvalue weighted by Gasteiger charge is -2.11. The second-order valence-electron chi connectivity index (χ2n) is 6.33. The van der Waals surface area contributed by atoms with Gasteiger partial charge in [0.25, 0.3) is 5.91 Å². The van der Waals surface area contributed by atoms with E-state index >= 15 is 0 Å². The summed E-state index contributed by atoms with van der Waals surface area (Å²) in [7, 11) is 2.90. The molecule has 0 spiro atoms. The number of hydrogen-bond donors (Lipinski definition) is 1. The van der Waals surface area contributed by atoms with Crippen molar-refractivity contribution in [1.29, 1.82) is 0 Å². The van der Waals surface area contributed by atoms with Gasteiger partial charge in [-0.25, -0.2) is 9.78 Å². The first-order chi connectivity index (χ1) is 14.6. The number of aromatic nitrogens is 1. The summed E-state index contributed by atoms with van der Waals surface area (Å²) in [6, 6.07) is 14.2. The molecule has 1 N–H and O–H groups in total. The van der Waals surface area contributed by atoms with Crippen LogP contribution in [0.3, 0.4) is 0 Å². The zero-order valence-electron chi connectivity index (χ0n) is 16.3. The van der Waals surface area contributed by atoms with Crippen molar-refractivity contribution in [3.8, 4) is 11.6 Å². The highest BCUT2D eigenvalue weighted by Crippen LogP contribution is 2.36. The van der Waals surface area contributed by atoms with E-state index in [1.54, 1.807) is 18.2 Å².